The zero-order valence-electron chi connectivity index (χ0n) is 15.0. The van der Waals surface area contributed by atoms with Gasteiger partial charge in [0.05, 0.1) is 5.56 Å². The summed E-state index contributed by atoms with van der Waals surface area (Å²) >= 11 is 0. The minimum Gasteiger partial charge on any atom is -0.350 e. The molecule has 144 valence electrons. The van der Waals surface area contributed by atoms with Crippen molar-refractivity contribution in [2.24, 2.45) is 11.7 Å². The van der Waals surface area contributed by atoms with Crippen LogP contribution in [0.25, 0.3) is 0 Å². The zero-order chi connectivity index (χ0) is 18.7. The maximum Gasteiger partial charge on any atom is 0.258 e. The van der Waals surface area contributed by atoms with Gasteiger partial charge in [0.15, 0.2) is 0 Å². The fourth-order valence-corrected chi connectivity index (χ4v) is 2.74. The van der Waals surface area contributed by atoms with Crippen molar-refractivity contribution >= 4 is 29.9 Å². The predicted molar refractivity (Wildman–Crippen MR) is 106 cm³/mol. The normalized spacial score (nSPS) is 14.0. The van der Waals surface area contributed by atoms with Crippen LogP contribution in [0.3, 0.4) is 0 Å². The van der Waals surface area contributed by atoms with Gasteiger partial charge in [0.1, 0.15) is 5.82 Å². The summed E-state index contributed by atoms with van der Waals surface area (Å²) in [6.45, 7) is 2.23. The van der Waals surface area contributed by atoms with Gasteiger partial charge in [0.25, 0.3) is 11.8 Å². The highest BCUT2D eigenvalue weighted by atomic mass is 35.5. The van der Waals surface area contributed by atoms with Crippen LogP contribution < -0.4 is 16.4 Å². The fraction of sp³-hybridized carbons (Fsp3) is 0.300. The fourth-order valence-electron chi connectivity index (χ4n) is 2.74. The minimum atomic E-state index is -0.592. The van der Waals surface area contributed by atoms with Crippen LogP contribution in [-0.4, -0.2) is 24.4 Å². The molecule has 3 rings (SSSR count). The molecule has 0 aliphatic heterocycles. The number of carbonyl (C=O) groups excluding carboxylic acids is 2. The highest BCUT2D eigenvalue weighted by Crippen LogP contribution is 2.31. The summed E-state index contributed by atoms with van der Waals surface area (Å²) in [6, 6.07) is 10.8. The predicted octanol–water partition coefficient (Wildman–Crippen LogP) is 3.28. The Bertz CT molecular complexity index is 840. The van der Waals surface area contributed by atoms with Crippen LogP contribution in [0.2, 0.25) is 0 Å². The molecule has 1 atom stereocenters. The Morgan fingerprint density at radius 1 is 1.19 bits per heavy atom. The second-order valence-corrected chi connectivity index (χ2v) is 6.67. The lowest BCUT2D eigenvalue weighted by molar-refractivity contribution is 0.0948. The third-order valence-corrected chi connectivity index (χ3v) is 4.59. The van der Waals surface area contributed by atoms with Crippen molar-refractivity contribution in [3.63, 3.8) is 0 Å². The maximum atomic E-state index is 13.8. The number of benzene rings is 2. The first kappa shape index (κ1) is 20.9. The second-order valence-electron chi connectivity index (χ2n) is 6.67. The van der Waals surface area contributed by atoms with Crippen molar-refractivity contribution in [2.45, 2.75) is 25.8 Å². The molecule has 1 unspecified atom stereocenters. The van der Waals surface area contributed by atoms with Crippen molar-refractivity contribution in [1.82, 2.24) is 5.32 Å². The number of rotatable bonds is 6. The number of nitrogens with one attached hydrogen (secondary N) is 2. The van der Waals surface area contributed by atoms with Gasteiger partial charge in [-0.15, -0.1) is 12.4 Å². The van der Waals surface area contributed by atoms with Crippen molar-refractivity contribution in [1.29, 1.82) is 0 Å². The molecule has 1 aliphatic rings. The first-order valence-electron chi connectivity index (χ1n) is 8.66. The zero-order valence-corrected chi connectivity index (χ0v) is 15.8. The molecule has 0 aromatic heterocycles. The van der Waals surface area contributed by atoms with Crippen LogP contribution in [0, 0.1) is 18.7 Å². The SMILES string of the molecule is Cc1ccc(C(=O)NCC(N)C2CC2)cc1NC(=O)c1ccccc1F.Cl. The molecule has 5 nitrogen and oxygen atoms in total. The van der Waals surface area contributed by atoms with E-state index in [9.17, 15) is 14.0 Å². The van der Waals surface area contributed by atoms with E-state index in [1.807, 2.05) is 6.92 Å². The van der Waals surface area contributed by atoms with E-state index in [2.05, 4.69) is 10.6 Å². The van der Waals surface area contributed by atoms with Crippen LogP contribution >= 0.6 is 12.4 Å². The van der Waals surface area contributed by atoms with E-state index >= 15 is 0 Å². The van der Waals surface area contributed by atoms with Crippen LogP contribution in [0.4, 0.5) is 10.1 Å². The molecular formula is C20H23ClFN3O2. The second kappa shape index (κ2) is 8.97. The Labute approximate surface area is 163 Å². The van der Waals surface area contributed by atoms with Gasteiger partial charge < -0.3 is 16.4 Å². The van der Waals surface area contributed by atoms with Crippen molar-refractivity contribution in [3.8, 4) is 0 Å². The van der Waals surface area contributed by atoms with E-state index in [0.29, 0.717) is 23.7 Å². The van der Waals surface area contributed by atoms with Crippen molar-refractivity contribution in [2.75, 3.05) is 11.9 Å². The average molecular weight is 392 g/mol. The Hall–Kier alpha value is -2.44. The Kier molecular flexibility index (Phi) is 6.93. The van der Waals surface area contributed by atoms with Gasteiger partial charge in [-0.3, -0.25) is 9.59 Å². The van der Waals surface area contributed by atoms with Crippen molar-refractivity contribution in [3.05, 3.63) is 65.0 Å². The number of aryl methyl sites for hydroxylation is 1. The van der Waals surface area contributed by atoms with E-state index in [4.69, 9.17) is 5.73 Å². The number of hydrogen-bond acceptors (Lipinski definition) is 3. The summed E-state index contributed by atoms with van der Waals surface area (Å²) in [5, 5.41) is 5.50. The highest BCUT2D eigenvalue weighted by molar-refractivity contribution is 6.05. The molecule has 27 heavy (non-hydrogen) atoms. The van der Waals surface area contributed by atoms with Gasteiger partial charge >= 0.3 is 0 Å². The first-order chi connectivity index (χ1) is 12.5. The number of carbonyl (C=O) groups is 2. The molecule has 2 aromatic carbocycles. The standard InChI is InChI=1S/C20H22FN3O2.ClH/c1-12-6-7-14(19(25)23-11-17(22)13-8-9-13)10-18(12)24-20(26)15-4-2-3-5-16(15)21;/h2-7,10,13,17H,8-9,11,22H2,1H3,(H,23,25)(H,24,26);1H. The topological polar surface area (TPSA) is 84.2 Å². The van der Waals surface area contributed by atoms with E-state index in [-0.39, 0.29) is 29.9 Å². The molecule has 0 radical (unpaired) electrons. The van der Waals surface area contributed by atoms with Gasteiger partial charge in [0.2, 0.25) is 0 Å². The van der Waals surface area contributed by atoms with Gasteiger partial charge in [-0.2, -0.15) is 0 Å². The van der Waals surface area contributed by atoms with E-state index < -0.39 is 11.7 Å². The largest absolute Gasteiger partial charge is 0.350 e. The number of halogens is 2. The first-order valence-corrected chi connectivity index (χ1v) is 8.66. The third kappa shape index (κ3) is 5.28. The average Bonchev–Trinajstić information content (AvgIpc) is 3.46. The summed E-state index contributed by atoms with van der Waals surface area (Å²) < 4.78 is 13.8. The molecule has 1 fully saturated rings. The lowest BCUT2D eigenvalue weighted by Crippen LogP contribution is -2.38. The van der Waals surface area contributed by atoms with Crippen LogP contribution in [0.5, 0.6) is 0 Å². The number of nitrogens with two attached hydrogens (primary N) is 1. The van der Waals surface area contributed by atoms with Crippen molar-refractivity contribution < 1.29 is 14.0 Å². The van der Waals surface area contributed by atoms with E-state index in [1.165, 1.54) is 18.2 Å². The van der Waals surface area contributed by atoms with E-state index in [1.54, 1.807) is 24.3 Å². The molecular weight excluding hydrogens is 369 g/mol. The summed E-state index contributed by atoms with van der Waals surface area (Å²) in [5.41, 5.74) is 7.62. The maximum absolute atomic E-state index is 13.8. The van der Waals surface area contributed by atoms with Crippen LogP contribution in [0.15, 0.2) is 42.5 Å². The lowest BCUT2D eigenvalue weighted by Gasteiger charge is -2.13. The molecule has 4 N–H and O–H groups in total. The Morgan fingerprint density at radius 2 is 1.89 bits per heavy atom. The smallest absolute Gasteiger partial charge is 0.258 e. The van der Waals surface area contributed by atoms with E-state index in [0.717, 1.165) is 18.4 Å². The van der Waals surface area contributed by atoms with Gasteiger partial charge in [-0.25, -0.2) is 4.39 Å². The molecule has 2 amide bonds. The molecule has 0 spiro atoms. The Balaban J connectivity index is 0.00000261. The molecule has 0 saturated heterocycles. The van der Waals surface area contributed by atoms with Gasteiger partial charge in [-0.1, -0.05) is 18.2 Å². The lowest BCUT2D eigenvalue weighted by atomic mass is 10.1. The molecule has 0 heterocycles. The minimum absolute atomic E-state index is 0. The summed E-state index contributed by atoms with van der Waals surface area (Å²) in [6.07, 6.45) is 2.24. The van der Waals surface area contributed by atoms with Gasteiger partial charge in [0, 0.05) is 23.8 Å². The quantitative estimate of drug-likeness (QED) is 0.706. The monoisotopic (exact) mass is 391 g/mol. The molecule has 0 bridgehead atoms. The number of hydrogen-bond donors (Lipinski definition) is 3. The summed E-state index contributed by atoms with van der Waals surface area (Å²) in [4.78, 5) is 24.6. The molecule has 1 aliphatic carbocycles. The number of anilines is 1. The molecule has 2 aromatic rings. The summed E-state index contributed by atoms with van der Waals surface area (Å²) in [5.74, 6) is -0.892. The summed E-state index contributed by atoms with van der Waals surface area (Å²) in [7, 11) is 0. The van der Waals surface area contributed by atoms with Crippen LogP contribution in [-0.2, 0) is 0 Å². The third-order valence-electron chi connectivity index (χ3n) is 4.59. The molecule has 7 heteroatoms. The Morgan fingerprint density at radius 3 is 2.56 bits per heavy atom. The number of amides is 2. The molecule has 1 saturated carbocycles. The van der Waals surface area contributed by atoms with Crippen LogP contribution in [0.1, 0.15) is 39.1 Å². The highest BCUT2D eigenvalue weighted by Gasteiger charge is 2.28. The van der Waals surface area contributed by atoms with Gasteiger partial charge in [-0.05, 0) is 55.5 Å².